The summed E-state index contributed by atoms with van der Waals surface area (Å²) in [4.78, 5) is 0. The maximum absolute atomic E-state index is 12.1. The predicted octanol–water partition coefficient (Wildman–Crippen LogP) is 1.70. The third kappa shape index (κ3) is 2.84. The molecular formula is C8H14F3NO. The summed E-state index contributed by atoms with van der Waals surface area (Å²) in [5, 5.41) is 2.52. The monoisotopic (exact) mass is 197 g/mol. The molecule has 1 aliphatic heterocycles. The molecule has 0 aliphatic carbocycles. The molecule has 3 unspecified atom stereocenters. The third-order valence-corrected chi connectivity index (χ3v) is 2.33. The van der Waals surface area contributed by atoms with Crippen molar-refractivity contribution in [1.82, 2.24) is 5.32 Å². The first-order valence-electron chi connectivity index (χ1n) is 4.35. The minimum Gasteiger partial charge on any atom is -0.377 e. The summed E-state index contributed by atoms with van der Waals surface area (Å²) < 4.78 is 41.5. The molecule has 0 spiro atoms. The quantitative estimate of drug-likeness (QED) is 0.727. The van der Waals surface area contributed by atoms with E-state index in [-0.39, 0.29) is 12.1 Å². The van der Waals surface area contributed by atoms with Crippen LogP contribution in [0.4, 0.5) is 13.2 Å². The molecule has 2 nitrogen and oxygen atoms in total. The van der Waals surface area contributed by atoms with Gasteiger partial charge in [-0.3, -0.25) is 0 Å². The van der Waals surface area contributed by atoms with Gasteiger partial charge in [0.15, 0.2) is 0 Å². The summed E-state index contributed by atoms with van der Waals surface area (Å²) in [6, 6.07) is -1.63. The summed E-state index contributed by atoms with van der Waals surface area (Å²) in [6.07, 6.45) is -3.63. The molecule has 0 bridgehead atoms. The van der Waals surface area contributed by atoms with Gasteiger partial charge in [-0.2, -0.15) is 13.2 Å². The Bertz CT molecular complexity index is 171. The molecule has 13 heavy (non-hydrogen) atoms. The van der Waals surface area contributed by atoms with Crippen LogP contribution in [0.2, 0.25) is 0 Å². The van der Waals surface area contributed by atoms with E-state index >= 15 is 0 Å². The van der Waals surface area contributed by atoms with Crippen molar-refractivity contribution in [3.63, 3.8) is 0 Å². The van der Waals surface area contributed by atoms with Gasteiger partial charge in [0.1, 0.15) is 6.04 Å². The van der Waals surface area contributed by atoms with Gasteiger partial charge >= 0.3 is 6.18 Å². The number of rotatable bonds is 2. The van der Waals surface area contributed by atoms with Crippen molar-refractivity contribution < 1.29 is 17.9 Å². The summed E-state index contributed by atoms with van der Waals surface area (Å²) in [7, 11) is 0. The van der Waals surface area contributed by atoms with E-state index in [1.807, 2.05) is 0 Å². The Hall–Kier alpha value is -0.290. The third-order valence-electron chi connectivity index (χ3n) is 2.33. The Balaban J connectivity index is 2.40. The molecule has 78 valence electrons. The average Bonchev–Trinajstić information content (AvgIpc) is 2.34. The van der Waals surface area contributed by atoms with Gasteiger partial charge in [-0.25, -0.2) is 0 Å². The molecule has 1 heterocycles. The van der Waals surface area contributed by atoms with Gasteiger partial charge in [0, 0.05) is 12.6 Å². The Morgan fingerprint density at radius 3 is 2.46 bits per heavy atom. The van der Waals surface area contributed by atoms with Crippen molar-refractivity contribution in [2.24, 2.45) is 0 Å². The zero-order valence-corrected chi connectivity index (χ0v) is 7.69. The highest BCUT2D eigenvalue weighted by molar-refractivity contribution is 4.83. The smallest absolute Gasteiger partial charge is 0.377 e. The van der Waals surface area contributed by atoms with Gasteiger partial charge in [-0.05, 0) is 20.3 Å². The summed E-state index contributed by atoms with van der Waals surface area (Å²) >= 11 is 0. The Labute approximate surface area is 75.4 Å². The van der Waals surface area contributed by atoms with Crippen molar-refractivity contribution >= 4 is 0 Å². The average molecular weight is 197 g/mol. The van der Waals surface area contributed by atoms with Gasteiger partial charge < -0.3 is 10.1 Å². The van der Waals surface area contributed by atoms with Crippen LogP contribution in [-0.2, 0) is 4.74 Å². The lowest BCUT2D eigenvalue weighted by molar-refractivity contribution is -0.154. The van der Waals surface area contributed by atoms with Crippen LogP contribution < -0.4 is 5.32 Å². The van der Waals surface area contributed by atoms with Crippen LogP contribution in [-0.4, -0.2) is 31.0 Å². The van der Waals surface area contributed by atoms with Crippen LogP contribution in [0.5, 0.6) is 0 Å². The minimum atomic E-state index is -4.16. The molecule has 0 aromatic carbocycles. The minimum absolute atomic E-state index is 0.121. The molecule has 1 fully saturated rings. The Kier molecular flexibility index (Phi) is 3.18. The summed E-state index contributed by atoms with van der Waals surface area (Å²) in [5.41, 5.74) is 0. The van der Waals surface area contributed by atoms with Gasteiger partial charge in [0.05, 0.1) is 6.10 Å². The Morgan fingerprint density at radius 1 is 1.46 bits per heavy atom. The van der Waals surface area contributed by atoms with E-state index in [1.54, 1.807) is 6.92 Å². The van der Waals surface area contributed by atoms with Crippen molar-refractivity contribution in [2.75, 3.05) is 6.61 Å². The highest BCUT2D eigenvalue weighted by atomic mass is 19.4. The van der Waals surface area contributed by atoms with E-state index in [0.29, 0.717) is 13.0 Å². The Morgan fingerprint density at radius 2 is 2.08 bits per heavy atom. The first-order chi connectivity index (χ1) is 5.91. The summed E-state index contributed by atoms with van der Waals surface area (Å²) in [5.74, 6) is 0. The lowest BCUT2D eigenvalue weighted by atomic mass is 10.1. The number of ether oxygens (including phenoxy) is 1. The molecule has 1 rings (SSSR count). The van der Waals surface area contributed by atoms with E-state index in [1.165, 1.54) is 0 Å². The van der Waals surface area contributed by atoms with Gasteiger partial charge in [0.25, 0.3) is 0 Å². The van der Waals surface area contributed by atoms with E-state index in [4.69, 9.17) is 4.74 Å². The molecule has 0 aromatic heterocycles. The van der Waals surface area contributed by atoms with Gasteiger partial charge in [-0.15, -0.1) is 0 Å². The molecule has 0 radical (unpaired) electrons. The van der Waals surface area contributed by atoms with Crippen molar-refractivity contribution in [3.05, 3.63) is 0 Å². The van der Waals surface area contributed by atoms with Crippen LogP contribution in [0.3, 0.4) is 0 Å². The van der Waals surface area contributed by atoms with Gasteiger partial charge in [0.2, 0.25) is 0 Å². The normalized spacial score (nSPS) is 32.1. The zero-order valence-electron chi connectivity index (χ0n) is 7.69. The van der Waals surface area contributed by atoms with Gasteiger partial charge in [-0.1, -0.05) is 0 Å². The maximum Gasteiger partial charge on any atom is 0.403 e. The van der Waals surface area contributed by atoms with Crippen LogP contribution >= 0.6 is 0 Å². The predicted molar refractivity (Wildman–Crippen MR) is 42.5 cm³/mol. The van der Waals surface area contributed by atoms with E-state index in [0.717, 1.165) is 6.92 Å². The van der Waals surface area contributed by atoms with E-state index in [9.17, 15) is 13.2 Å². The molecule has 1 N–H and O–H groups in total. The zero-order chi connectivity index (χ0) is 10.1. The number of alkyl halides is 3. The van der Waals surface area contributed by atoms with Crippen molar-refractivity contribution in [1.29, 1.82) is 0 Å². The van der Waals surface area contributed by atoms with Crippen LogP contribution in [0, 0.1) is 0 Å². The van der Waals surface area contributed by atoms with Crippen LogP contribution in [0.1, 0.15) is 20.3 Å². The standard InChI is InChI=1S/C8H14F3NO/c1-5-7(3-4-13-5)12-6(2)8(9,10)11/h5-7,12H,3-4H2,1-2H3. The molecule has 1 aliphatic rings. The SMILES string of the molecule is CC1OCCC1NC(C)C(F)(F)F. The number of nitrogens with one attached hydrogen (secondary N) is 1. The second-order valence-corrected chi connectivity index (χ2v) is 3.40. The lowest BCUT2D eigenvalue weighted by Crippen LogP contribution is -2.47. The lowest BCUT2D eigenvalue weighted by Gasteiger charge is -2.23. The fourth-order valence-electron chi connectivity index (χ4n) is 1.37. The molecule has 0 aromatic rings. The first kappa shape index (κ1) is 10.8. The first-order valence-corrected chi connectivity index (χ1v) is 4.35. The number of hydrogen-bond donors (Lipinski definition) is 1. The van der Waals surface area contributed by atoms with Crippen molar-refractivity contribution in [3.8, 4) is 0 Å². The number of hydrogen-bond acceptors (Lipinski definition) is 2. The fraction of sp³-hybridized carbons (Fsp3) is 1.00. The highest BCUT2D eigenvalue weighted by Crippen LogP contribution is 2.22. The largest absolute Gasteiger partial charge is 0.403 e. The number of halogens is 3. The molecular weight excluding hydrogens is 183 g/mol. The maximum atomic E-state index is 12.1. The molecule has 0 amide bonds. The fourth-order valence-corrected chi connectivity index (χ4v) is 1.37. The molecule has 5 heteroatoms. The summed E-state index contributed by atoms with van der Waals surface area (Å²) in [6.45, 7) is 3.46. The van der Waals surface area contributed by atoms with Crippen molar-refractivity contribution in [2.45, 2.75) is 44.6 Å². The second-order valence-electron chi connectivity index (χ2n) is 3.40. The molecule has 1 saturated heterocycles. The molecule has 3 atom stereocenters. The highest BCUT2D eigenvalue weighted by Gasteiger charge is 2.38. The topological polar surface area (TPSA) is 21.3 Å². The van der Waals surface area contributed by atoms with Crippen LogP contribution in [0.15, 0.2) is 0 Å². The molecule has 0 saturated carbocycles. The van der Waals surface area contributed by atoms with E-state index < -0.39 is 12.2 Å². The second kappa shape index (κ2) is 3.84. The van der Waals surface area contributed by atoms with Crippen LogP contribution in [0.25, 0.3) is 0 Å². The van der Waals surface area contributed by atoms with E-state index in [2.05, 4.69) is 5.32 Å².